The quantitative estimate of drug-likeness (QED) is 0.554. The second-order valence-electron chi connectivity index (χ2n) is 9.07. The van der Waals surface area contributed by atoms with Gasteiger partial charge in [0, 0.05) is 22.8 Å². The molecule has 0 bridgehead atoms. The summed E-state index contributed by atoms with van der Waals surface area (Å²) in [7, 11) is 0. The van der Waals surface area contributed by atoms with Crippen molar-refractivity contribution in [2.75, 3.05) is 0 Å². The average Bonchev–Trinajstić information content (AvgIpc) is 3.21. The molecule has 1 unspecified atom stereocenters. The van der Waals surface area contributed by atoms with Crippen LogP contribution >= 0.6 is 0 Å². The van der Waals surface area contributed by atoms with Crippen molar-refractivity contribution < 1.29 is 5.11 Å². The van der Waals surface area contributed by atoms with Gasteiger partial charge in [-0.2, -0.15) is 0 Å². The summed E-state index contributed by atoms with van der Waals surface area (Å²) in [5, 5.41) is 11.4. The molecule has 1 saturated carbocycles. The molecule has 3 aromatic heterocycles. The maximum absolute atomic E-state index is 11.4. The van der Waals surface area contributed by atoms with Crippen LogP contribution in [0.15, 0.2) is 36.4 Å². The first-order chi connectivity index (χ1) is 14.5. The van der Waals surface area contributed by atoms with Crippen LogP contribution in [0.25, 0.3) is 11.6 Å². The molecule has 0 amide bonds. The van der Waals surface area contributed by atoms with Gasteiger partial charge < -0.3 is 14.2 Å². The fourth-order valence-electron chi connectivity index (χ4n) is 5.06. The molecule has 4 nitrogen and oxygen atoms in total. The summed E-state index contributed by atoms with van der Waals surface area (Å²) >= 11 is 0. The minimum atomic E-state index is -0.448. The highest BCUT2D eigenvalue weighted by molar-refractivity contribution is 5.43. The van der Waals surface area contributed by atoms with Gasteiger partial charge in [-0.25, -0.2) is 4.98 Å². The summed E-state index contributed by atoms with van der Waals surface area (Å²) in [5.41, 5.74) is 5.61. The summed E-state index contributed by atoms with van der Waals surface area (Å²) in [6.07, 6.45) is 8.13. The van der Waals surface area contributed by atoms with Crippen molar-refractivity contribution in [2.24, 2.45) is 5.92 Å². The van der Waals surface area contributed by atoms with E-state index in [9.17, 15) is 5.11 Å². The minimum Gasteiger partial charge on any atom is -0.388 e. The van der Waals surface area contributed by atoms with Gasteiger partial charge in [-0.1, -0.05) is 32.1 Å². The second-order valence-corrected chi connectivity index (χ2v) is 9.07. The number of nitrogens with zero attached hydrogens (tertiary/aromatic N) is 3. The summed E-state index contributed by atoms with van der Waals surface area (Å²) in [4.78, 5) is 5.04. The molecule has 1 aliphatic carbocycles. The van der Waals surface area contributed by atoms with Crippen LogP contribution in [0.5, 0.6) is 0 Å². The number of aliphatic hydroxyl groups is 1. The fraction of sp³-hybridized carbons (Fsp3) is 0.500. The van der Waals surface area contributed by atoms with Gasteiger partial charge >= 0.3 is 0 Å². The van der Waals surface area contributed by atoms with Crippen molar-refractivity contribution in [3.05, 3.63) is 64.7 Å². The normalized spacial score (nSPS) is 17.0. The number of hydrogen-bond acceptors (Lipinski definition) is 2. The fourth-order valence-corrected chi connectivity index (χ4v) is 5.06. The van der Waals surface area contributed by atoms with Crippen molar-refractivity contribution in [2.45, 2.75) is 78.7 Å². The van der Waals surface area contributed by atoms with Gasteiger partial charge in [0.05, 0.1) is 6.10 Å². The number of aryl methyl sites for hydroxylation is 4. The van der Waals surface area contributed by atoms with E-state index in [4.69, 9.17) is 4.98 Å². The molecule has 4 rings (SSSR count). The maximum Gasteiger partial charge on any atom is 0.139 e. The third-order valence-electron chi connectivity index (χ3n) is 6.76. The van der Waals surface area contributed by atoms with Crippen LogP contribution in [-0.4, -0.2) is 19.2 Å². The Morgan fingerprint density at radius 3 is 1.57 bits per heavy atom. The predicted molar refractivity (Wildman–Crippen MR) is 123 cm³/mol. The number of aromatic nitrogens is 3. The van der Waals surface area contributed by atoms with Gasteiger partial charge in [0.1, 0.15) is 11.6 Å². The molecule has 0 radical (unpaired) electrons. The van der Waals surface area contributed by atoms with E-state index in [2.05, 4.69) is 73.2 Å². The predicted octanol–water partition coefficient (Wildman–Crippen LogP) is 6.29. The Kier molecular flexibility index (Phi) is 6.14. The summed E-state index contributed by atoms with van der Waals surface area (Å²) < 4.78 is 4.37. The van der Waals surface area contributed by atoms with Gasteiger partial charge in [-0.15, -0.1) is 0 Å². The SMILES string of the molecule is Cc1ccc(C)n1-c1cc(C(O)C2CCCCCCC2)cc(-n2c(C)ccc2C)n1. The third-order valence-corrected chi connectivity index (χ3v) is 6.76. The Labute approximate surface area is 180 Å². The number of pyridine rings is 1. The molecule has 0 saturated heterocycles. The molecule has 3 aromatic rings. The first-order valence-electron chi connectivity index (χ1n) is 11.5. The molecule has 160 valence electrons. The topological polar surface area (TPSA) is 43.0 Å². The van der Waals surface area contributed by atoms with Crippen LogP contribution in [0.2, 0.25) is 0 Å². The largest absolute Gasteiger partial charge is 0.388 e. The van der Waals surface area contributed by atoms with E-state index in [0.29, 0.717) is 5.92 Å². The Hall–Kier alpha value is -2.33. The van der Waals surface area contributed by atoms with Gasteiger partial charge in [-0.3, -0.25) is 0 Å². The smallest absolute Gasteiger partial charge is 0.139 e. The van der Waals surface area contributed by atoms with Crippen LogP contribution < -0.4 is 0 Å². The monoisotopic (exact) mass is 405 g/mol. The Morgan fingerprint density at radius 2 is 1.13 bits per heavy atom. The van der Waals surface area contributed by atoms with E-state index < -0.39 is 6.10 Å². The molecule has 4 heteroatoms. The lowest BCUT2D eigenvalue weighted by atomic mass is 9.84. The third kappa shape index (κ3) is 4.11. The molecule has 0 aliphatic heterocycles. The van der Waals surface area contributed by atoms with Gasteiger partial charge in [0.25, 0.3) is 0 Å². The van der Waals surface area contributed by atoms with Gasteiger partial charge in [0.2, 0.25) is 0 Å². The molecule has 0 aromatic carbocycles. The lowest BCUT2D eigenvalue weighted by Gasteiger charge is -2.26. The standard InChI is InChI=1S/C26H35N3O/c1-18-12-13-19(2)28(18)24-16-23(26(30)22-10-8-6-5-7-9-11-22)17-25(27-24)29-20(3)14-15-21(29)4/h12-17,22,26,30H,5-11H2,1-4H3. The number of aliphatic hydroxyl groups excluding tert-OH is 1. The first kappa shape index (κ1) is 20.9. The van der Waals surface area contributed by atoms with Gasteiger partial charge in [-0.05, 0) is 88.4 Å². The van der Waals surface area contributed by atoms with E-state index in [0.717, 1.165) is 52.8 Å². The molecule has 0 spiro atoms. The highest BCUT2D eigenvalue weighted by Crippen LogP contribution is 2.34. The zero-order valence-electron chi connectivity index (χ0n) is 18.9. The zero-order valence-corrected chi connectivity index (χ0v) is 18.9. The summed E-state index contributed by atoms with van der Waals surface area (Å²) in [5.74, 6) is 2.10. The molecular formula is C26H35N3O. The molecular weight excluding hydrogens is 370 g/mol. The molecule has 30 heavy (non-hydrogen) atoms. The Balaban J connectivity index is 1.81. The van der Waals surface area contributed by atoms with Crippen LogP contribution in [0.4, 0.5) is 0 Å². The van der Waals surface area contributed by atoms with E-state index in [1.807, 2.05) is 0 Å². The van der Waals surface area contributed by atoms with Crippen molar-refractivity contribution >= 4 is 0 Å². The molecule has 3 heterocycles. The summed E-state index contributed by atoms with van der Waals surface area (Å²) in [6.45, 7) is 8.44. The second kappa shape index (κ2) is 8.81. The molecule has 1 aliphatic rings. The highest BCUT2D eigenvalue weighted by atomic mass is 16.3. The maximum atomic E-state index is 11.4. The lowest BCUT2D eigenvalue weighted by Crippen LogP contribution is -2.16. The van der Waals surface area contributed by atoms with Crippen LogP contribution in [0.3, 0.4) is 0 Å². The zero-order chi connectivity index (χ0) is 21.3. The van der Waals surface area contributed by atoms with Crippen molar-refractivity contribution in [3.8, 4) is 11.6 Å². The Bertz CT molecular complexity index is 902. The van der Waals surface area contributed by atoms with Crippen LogP contribution in [-0.2, 0) is 0 Å². The van der Waals surface area contributed by atoms with Gasteiger partial charge in [0.15, 0.2) is 0 Å². The molecule has 1 N–H and O–H groups in total. The number of rotatable bonds is 4. The van der Waals surface area contributed by atoms with Crippen molar-refractivity contribution in [1.29, 1.82) is 0 Å². The first-order valence-corrected chi connectivity index (χ1v) is 11.5. The van der Waals surface area contributed by atoms with Crippen LogP contribution in [0, 0.1) is 33.6 Å². The summed E-state index contributed by atoms with van der Waals surface area (Å²) in [6, 6.07) is 12.7. The molecule has 1 fully saturated rings. The van der Waals surface area contributed by atoms with E-state index in [1.54, 1.807) is 0 Å². The molecule has 1 atom stereocenters. The minimum absolute atomic E-state index is 0.326. The Morgan fingerprint density at radius 1 is 0.733 bits per heavy atom. The van der Waals surface area contributed by atoms with Crippen molar-refractivity contribution in [3.63, 3.8) is 0 Å². The van der Waals surface area contributed by atoms with E-state index in [1.165, 1.54) is 32.1 Å². The van der Waals surface area contributed by atoms with E-state index >= 15 is 0 Å². The lowest BCUT2D eigenvalue weighted by molar-refractivity contribution is 0.0912. The van der Waals surface area contributed by atoms with Crippen molar-refractivity contribution in [1.82, 2.24) is 14.1 Å². The van der Waals surface area contributed by atoms with E-state index in [-0.39, 0.29) is 0 Å². The number of hydrogen-bond donors (Lipinski definition) is 1. The highest BCUT2D eigenvalue weighted by Gasteiger charge is 2.24. The average molecular weight is 406 g/mol. The van der Waals surface area contributed by atoms with Crippen LogP contribution in [0.1, 0.15) is 79.4 Å².